The number of hydrogen-bond donors (Lipinski definition) is 1. The lowest BCUT2D eigenvalue weighted by molar-refractivity contribution is -0.125. The maximum Gasteiger partial charge on any atom is 0.224 e. The number of fused-ring (bicyclic) bond motifs is 2. The van der Waals surface area contributed by atoms with Crippen LogP contribution in [0, 0.1) is 5.92 Å². The van der Waals surface area contributed by atoms with Gasteiger partial charge in [0.1, 0.15) is 17.0 Å². The molecule has 7 heteroatoms. The first-order chi connectivity index (χ1) is 16.2. The van der Waals surface area contributed by atoms with Gasteiger partial charge in [0, 0.05) is 44.1 Å². The SMILES string of the molecule is CCc1cc2c(N3CCC[C@@H](C(=O)NCCCN4CCc5ccccc5C4)C3)ncnc2s1. The Morgan fingerprint density at radius 1 is 1.21 bits per heavy atom. The van der Waals surface area contributed by atoms with E-state index in [2.05, 4.69) is 62.3 Å². The zero-order chi connectivity index (χ0) is 22.6. The number of carbonyl (C=O) groups is 1. The molecule has 1 fully saturated rings. The lowest BCUT2D eigenvalue weighted by atomic mass is 9.97. The van der Waals surface area contributed by atoms with E-state index in [0.717, 1.165) is 87.4 Å². The van der Waals surface area contributed by atoms with E-state index in [0.29, 0.717) is 0 Å². The van der Waals surface area contributed by atoms with E-state index in [-0.39, 0.29) is 11.8 Å². The first kappa shape index (κ1) is 22.3. The minimum atomic E-state index is 0.0231. The van der Waals surface area contributed by atoms with E-state index >= 15 is 0 Å². The maximum absolute atomic E-state index is 12.9. The lowest BCUT2D eigenvalue weighted by Crippen LogP contribution is -2.44. The Bertz CT molecular complexity index is 1110. The number of hydrogen-bond acceptors (Lipinski definition) is 6. The number of aromatic nitrogens is 2. The lowest BCUT2D eigenvalue weighted by Gasteiger charge is -2.33. The normalized spacial score (nSPS) is 18.9. The summed E-state index contributed by atoms with van der Waals surface area (Å²) in [5.41, 5.74) is 2.93. The molecule has 4 heterocycles. The number of nitrogens with one attached hydrogen (secondary N) is 1. The van der Waals surface area contributed by atoms with Gasteiger partial charge in [0.05, 0.1) is 11.3 Å². The van der Waals surface area contributed by atoms with Gasteiger partial charge in [0.15, 0.2) is 0 Å². The highest BCUT2D eigenvalue weighted by Crippen LogP contribution is 2.32. The number of anilines is 1. The molecule has 0 radical (unpaired) electrons. The average molecular weight is 464 g/mol. The maximum atomic E-state index is 12.9. The van der Waals surface area contributed by atoms with Gasteiger partial charge in [-0.25, -0.2) is 9.97 Å². The van der Waals surface area contributed by atoms with Crippen LogP contribution in [0.5, 0.6) is 0 Å². The first-order valence-electron chi connectivity index (χ1n) is 12.3. The van der Waals surface area contributed by atoms with Gasteiger partial charge in [-0.3, -0.25) is 9.69 Å². The van der Waals surface area contributed by atoms with Crippen LogP contribution in [-0.4, -0.2) is 53.5 Å². The monoisotopic (exact) mass is 463 g/mol. The molecule has 6 nitrogen and oxygen atoms in total. The van der Waals surface area contributed by atoms with E-state index in [1.165, 1.54) is 16.0 Å². The molecule has 5 rings (SSSR count). The van der Waals surface area contributed by atoms with Crippen molar-refractivity contribution in [3.63, 3.8) is 0 Å². The van der Waals surface area contributed by atoms with Gasteiger partial charge in [0.2, 0.25) is 5.91 Å². The number of benzene rings is 1. The summed E-state index contributed by atoms with van der Waals surface area (Å²) >= 11 is 1.74. The fourth-order valence-corrected chi connectivity index (χ4v) is 6.04. The van der Waals surface area contributed by atoms with Gasteiger partial charge >= 0.3 is 0 Å². The Morgan fingerprint density at radius 2 is 2.09 bits per heavy atom. The van der Waals surface area contributed by atoms with E-state index in [4.69, 9.17) is 0 Å². The third-order valence-electron chi connectivity index (χ3n) is 6.96. The predicted molar refractivity (Wildman–Crippen MR) is 135 cm³/mol. The molecular formula is C26H33N5OS. The van der Waals surface area contributed by atoms with E-state index in [9.17, 15) is 4.79 Å². The summed E-state index contributed by atoms with van der Waals surface area (Å²) < 4.78 is 0. The molecule has 1 aromatic carbocycles. The highest BCUT2D eigenvalue weighted by Gasteiger charge is 2.27. The summed E-state index contributed by atoms with van der Waals surface area (Å²) in [6.07, 6.45) is 6.75. The summed E-state index contributed by atoms with van der Waals surface area (Å²) in [6.45, 7) is 7.76. The Hall–Kier alpha value is -2.51. The molecule has 2 aliphatic heterocycles. The summed E-state index contributed by atoms with van der Waals surface area (Å²) in [5, 5.41) is 4.34. The van der Waals surface area contributed by atoms with Crippen LogP contribution in [0.2, 0.25) is 0 Å². The van der Waals surface area contributed by atoms with Crippen molar-refractivity contribution in [1.29, 1.82) is 0 Å². The molecule has 2 aromatic heterocycles. The summed E-state index contributed by atoms with van der Waals surface area (Å²) in [4.78, 5) is 29.1. The molecular weight excluding hydrogens is 430 g/mol. The zero-order valence-electron chi connectivity index (χ0n) is 19.4. The molecule has 1 amide bonds. The Kier molecular flexibility index (Phi) is 6.88. The molecule has 0 unspecified atom stereocenters. The minimum Gasteiger partial charge on any atom is -0.356 e. The largest absolute Gasteiger partial charge is 0.356 e. The molecule has 0 aliphatic carbocycles. The molecule has 0 bridgehead atoms. The van der Waals surface area contributed by atoms with Gasteiger partial charge in [-0.15, -0.1) is 11.3 Å². The van der Waals surface area contributed by atoms with E-state index < -0.39 is 0 Å². The second-order valence-corrected chi connectivity index (χ2v) is 10.3. The highest BCUT2D eigenvalue weighted by atomic mass is 32.1. The van der Waals surface area contributed by atoms with Crippen LogP contribution in [-0.2, 0) is 24.2 Å². The van der Waals surface area contributed by atoms with Crippen LogP contribution in [0.1, 0.15) is 42.2 Å². The molecule has 0 spiro atoms. The van der Waals surface area contributed by atoms with E-state index in [1.807, 2.05) is 0 Å². The molecule has 0 saturated carbocycles. The number of piperidine rings is 1. The second-order valence-electron chi connectivity index (χ2n) is 9.21. The number of rotatable bonds is 7. The first-order valence-corrected chi connectivity index (χ1v) is 13.1. The highest BCUT2D eigenvalue weighted by molar-refractivity contribution is 7.18. The van der Waals surface area contributed by atoms with Crippen LogP contribution in [0.25, 0.3) is 10.2 Å². The molecule has 2 aliphatic rings. The average Bonchev–Trinajstić information content (AvgIpc) is 3.30. The summed E-state index contributed by atoms with van der Waals surface area (Å²) in [6, 6.07) is 11.0. The van der Waals surface area contributed by atoms with Crippen LogP contribution >= 0.6 is 11.3 Å². The van der Waals surface area contributed by atoms with Crippen molar-refractivity contribution in [2.75, 3.05) is 37.6 Å². The van der Waals surface area contributed by atoms with Gasteiger partial charge in [-0.2, -0.15) is 0 Å². The summed E-state index contributed by atoms with van der Waals surface area (Å²) in [5.74, 6) is 1.20. The number of aryl methyl sites for hydroxylation is 1. The van der Waals surface area contributed by atoms with Crippen molar-refractivity contribution >= 4 is 33.3 Å². The third-order valence-corrected chi connectivity index (χ3v) is 8.15. The molecule has 1 N–H and O–H groups in total. The smallest absolute Gasteiger partial charge is 0.224 e. The Morgan fingerprint density at radius 3 is 2.97 bits per heavy atom. The zero-order valence-corrected chi connectivity index (χ0v) is 20.2. The molecule has 1 atom stereocenters. The fourth-order valence-electron chi connectivity index (χ4n) is 5.11. The fraction of sp³-hybridized carbons (Fsp3) is 0.500. The number of thiophene rings is 1. The van der Waals surface area contributed by atoms with Crippen molar-refractivity contribution in [2.45, 2.75) is 45.6 Å². The van der Waals surface area contributed by atoms with Crippen molar-refractivity contribution in [1.82, 2.24) is 20.2 Å². The van der Waals surface area contributed by atoms with Crippen LogP contribution in [0.4, 0.5) is 5.82 Å². The van der Waals surface area contributed by atoms with Gasteiger partial charge in [-0.05, 0) is 49.3 Å². The van der Waals surface area contributed by atoms with Crippen molar-refractivity contribution in [2.24, 2.45) is 5.92 Å². The van der Waals surface area contributed by atoms with Gasteiger partial charge in [0.25, 0.3) is 0 Å². The number of carbonyl (C=O) groups excluding carboxylic acids is 1. The molecule has 1 saturated heterocycles. The van der Waals surface area contributed by atoms with Crippen LogP contribution in [0.15, 0.2) is 36.7 Å². The van der Waals surface area contributed by atoms with E-state index in [1.54, 1.807) is 17.7 Å². The summed E-state index contributed by atoms with van der Waals surface area (Å²) in [7, 11) is 0. The molecule has 33 heavy (non-hydrogen) atoms. The second kappa shape index (κ2) is 10.2. The van der Waals surface area contributed by atoms with Gasteiger partial charge in [-0.1, -0.05) is 31.2 Å². The number of amides is 1. The predicted octanol–water partition coefficient (Wildman–Crippen LogP) is 4.03. The van der Waals surface area contributed by atoms with Crippen LogP contribution in [0.3, 0.4) is 0 Å². The van der Waals surface area contributed by atoms with Crippen molar-refractivity contribution in [3.05, 3.63) is 52.7 Å². The third kappa shape index (κ3) is 5.04. The Balaban J connectivity index is 1.12. The van der Waals surface area contributed by atoms with Crippen LogP contribution < -0.4 is 10.2 Å². The van der Waals surface area contributed by atoms with Crippen molar-refractivity contribution in [3.8, 4) is 0 Å². The number of nitrogens with zero attached hydrogens (tertiary/aromatic N) is 4. The quantitative estimate of drug-likeness (QED) is 0.536. The molecule has 3 aromatic rings. The Labute approximate surface area is 200 Å². The van der Waals surface area contributed by atoms with Gasteiger partial charge < -0.3 is 10.2 Å². The molecule has 174 valence electrons. The standard InChI is InChI=1S/C26H33N5OS/c1-2-22-15-23-24(28-18-29-26(23)33-22)31-13-5-9-21(17-31)25(32)27-11-6-12-30-14-10-19-7-3-4-8-20(19)16-30/h3-4,7-8,15,18,21H,2,5-6,9-14,16-17H2,1H3,(H,27,32)/t21-/m1/s1. The topological polar surface area (TPSA) is 61.4 Å². The van der Waals surface area contributed by atoms with Crippen molar-refractivity contribution < 1.29 is 4.79 Å². The minimum absolute atomic E-state index is 0.0231.